The summed E-state index contributed by atoms with van der Waals surface area (Å²) in [6, 6.07) is 57.3. The van der Waals surface area contributed by atoms with Crippen molar-refractivity contribution in [3.8, 4) is 44.5 Å². The van der Waals surface area contributed by atoms with Crippen molar-refractivity contribution in [3.63, 3.8) is 0 Å². The number of aryl methyl sites for hydroxylation is 4. The van der Waals surface area contributed by atoms with Crippen LogP contribution in [0.1, 0.15) is 77.3 Å². The Morgan fingerprint density at radius 3 is 1.42 bits per heavy atom. The molecule has 2 aliphatic heterocycles. The molecule has 8 aromatic carbocycles. The van der Waals surface area contributed by atoms with E-state index in [4.69, 9.17) is 0 Å². The van der Waals surface area contributed by atoms with Gasteiger partial charge >= 0.3 is 17.9 Å². The van der Waals surface area contributed by atoms with E-state index in [1.807, 2.05) is 207 Å². The number of carboxylic acids is 3. The number of para-hydroxylation sites is 3. The fourth-order valence-corrected chi connectivity index (χ4v) is 14.4. The van der Waals surface area contributed by atoms with Crippen molar-refractivity contribution < 1.29 is 52.1 Å². The maximum absolute atomic E-state index is 15.0. The first kappa shape index (κ1) is 75.1. The van der Waals surface area contributed by atoms with Crippen LogP contribution >= 0.6 is 0 Å². The summed E-state index contributed by atoms with van der Waals surface area (Å²) in [5, 5.41) is 45.3. The molecule has 0 saturated carbocycles. The highest BCUT2D eigenvalue weighted by atomic mass is 19.1. The standard InChI is InChI=1S/C27H24FN5O.C21H19FN2O2.C20H18FN3O2.C20H16FN3O2/c1-32-16-21(15-31-32)19-9-10-20(25(28)14-19)17-33-18-24(23-7-2-3-8-26(23)33)27(34)30-13-11-22-6-4-5-12-29-22;1-23-9-8-15(11-23)14-6-7-17(19(22)10-14)13-24-12-16-4-2-3-5-18(16)20(24)21(25)26;2*1-23-10-15(9-22-23)13-6-7-14(18(21)8-13)11-24-12-17(20(25)26)16-4-2-3-5-19(16)24/h2-10,12,14-16,18H,11,13,17H2,1H3,(H,30,34);2-11,20H,12-13H2,1H3,(H,25,26);2-10,17H,11-12H2,1H3,(H,25,26);2-10,12H,11H2,1H3,(H,25,26). The van der Waals surface area contributed by atoms with Gasteiger partial charge in [0.2, 0.25) is 0 Å². The van der Waals surface area contributed by atoms with Crippen LogP contribution in [0.4, 0.5) is 23.2 Å². The van der Waals surface area contributed by atoms with Gasteiger partial charge in [-0.25, -0.2) is 22.4 Å². The number of aromatic carboxylic acids is 1. The number of nitrogens with one attached hydrogen (secondary N) is 1. The summed E-state index contributed by atoms with van der Waals surface area (Å²) in [6.45, 7) is 2.51. The van der Waals surface area contributed by atoms with Crippen molar-refractivity contribution >= 4 is 51.3 Å². The summed E-state index contributed by atoms with van der Waals surface area (Å²) < 4.78 is 69.6. The monoisotopic (exact) mass is 1500 g/mol. The van der Waals surface area contributed by atoms with E-state index in [2.05, 4.69) is 25.6 Å². The van der Waals surface area contributed by atoms with E-state index in [0.717, 1.165) is 89.0 Å². The van der Waals surface area contributed by atoms with Gasteiger partial charge in [0.05, 0.1) is 42.8 Å². The second kappa shape index (κ2) is 33.0. The van der Waals surface area contributed by atoms with Gasteiger partial charge in [-0.15, -0.1) is 0 Å². The zero-order valence-corrected chi connectivity index (χ0v) is 61.5. The average Bonchev–Trinajstić information content (AvgIpc) is 1.64. The number of carbonyl (C=O) groups is 4. The van der Waals surface area contributed by atoms with Crippen molar-refractivity contribution in [2.24, 2.45) is 28.2 Å². The number of carboxylic acid groups (broad SMARTS) is 3. The lowest BCUT2D eigenvalue weighted by Crippen LogP contribution is -2.28. The second-order valence-corrected chi connectivity index (χ2v) is 27.7. The SMILES string of the molecule is Cn1cc(-c2ccc(CN3CC(C(=O)O)c4ccccc43)c(F)c2)cn1.Cn1cc(-c2ccc(Cn3cc(C(=O)NCCc4ccccn4)c4ccccc43)c(F)c2)cn1.Cn1cc(-c2ccc(Cn3cc(C(=O)O)c4ccccc43)c(F)c2)cn1.Cn1ccc(-c2ccc(CN3Cc4ccccc4C3C(=O)O)c(F)c2)c1. The molecule has 0 saturated heterocycles. The summed E-state index contributed by atoms with van der Waals surface area (Å²) in [4.78, 5) is 55.7. The maximum Gasteiger partial charge on any atom is 0.337 e. The van der Waals surface area contributed by atoms with Crippen molar-refractivity contribution in [2.45, 2.75) is 51.1 Å². The van der Waals surface area contributed by atoms with Gasteiger partial charge in [-0.3, -0.25) is 38.3 Å². The Morgan fingerprint density at radius 1 is 0.464 bits per heavy atom. The highest BCUT2D eigenvalue weighted by molar-refractivity contribution is 6.07. The largest absolute Gasteiger partial charge is 0.481 e. The molecule has 9 heterocycles. The molecule has 1 amide bonds. The van der Waals surface area contributed by atoms with Gasteiger partial charge in [-0.2, -0.15) is 15.3 Å². The Labute approximate surface area is 641 Å². The van der Waals surface area contributed by atoms with E-state index in [0.29, 0.717) is 72.3 Å². The molecule has 2 unspecified atom stereocenters. The van der Waals surface area contributed by atoms with Crippen molar-refractivity contribution in [2.75, 3.05) is 18.0 Å². The van der Waals surface area contributed by atoms with Crippen LogP contribution in [0.15, 0.2) is 262 Å². The number of nitrogens with zero attached hydrogens (tertiary/aromatic N) is 12. The molecule has 20 nitrogen and oxygen atoms in total. The molecule has 0 fully saturated rings. The van der Waals surface area contributed by atoms with Crippen molar-refractivity contribution in [3.05, 3.63) is 341 Å². The number of carbonyl (C=O) groups excluding carboxylic acids is 1. The summed E-state index contributed by atoms with van der Waals surface area (Å²) in [7, 11) is 7.38. The molecule has 0 spiro atoms. The number of pyridine rings is 1. The number of aromatic nitrogens is 10. The van der Waals surface area contributed by atoms with Crippen molar-refractivity contribution in [1.82, 2.24) is 58.2 Å². The molecule has 2 aliphatic rings. The van der Waals surface area contributed by atoms with E-state index in [1.54, 1.807) is 97.1 Å². The molecule has 0 radical (unpaired) electrons. The minimum Gasteiger partial charge on any atom is -0.481 e. The third-order valence-electron chi connectivity index (χ3n) is 20.0. The Morgan fingerprint density at radius 2 is 0.938 bits per heavy atom. The molecule has 17 rings (SSSR count). The number of amides is 1. The third kappa shape index (κ3) is 16.8. The van der Waals surface area contributed by atoms with Crippen molar-refractivity contribution in [1.29, 1.82) is 0 Å². The number of hydrogen-bond donors (Lipinski definition) is 4. The van der Waals surface area contributed by atoms with Gasteiger partial charge in [0, 0.05) is 189 Å². The minimum atomic E-state index is -0.993. The molecule has 0 bridgehead atoms. The number of fused-ring (bicyclic) bond motifs is 4. The first-order chi connectivity index (χ1) is 54.2. The molecule has 0 aliphatic carbocycles. The van der Waals surface area contributed by atoms with E-state index in [9.17, 15) is 52.1 Å². The van der Waals surface area contributed by atoms with Gasteiger partial charge in [0.15, 0.2) is 0 Å². The van der Waals surface area contributed by atoms with Crippen LogP contribution < -0.4 is 10.2 Å². The van der Waals surface area contributed by atoms with Gasteiger partial charge in [-0.05, 0) is 105 Å². The molecule has 4 N–H and O–H groups in total. The lowest BCUT2D eigenvalue weighted by Gasteiger charge is -2.22. The zero-order valence-electron chi connectivity index (χ0n) is 61.5. The van der Waals surface area contributed by atoms with Crippen LogP contribution in [0.25, 0.3) is 66.3 Å². The summed E-state index contributed by atoms with van der Waals surface area (Å²) in [5.74, 6) is -4.73. The van der Waals surface area contributed by atoms with Gasteiger partial charge in [0.25, 0.3) is 5.91 Å². The Hall–Kier alpha value is -13.7. The fraction of sp³-hybridized carbons (Fsp3) is 0.159. The summed E-state index contributed by atoms with van der Waals surface area (Å²) >= 11 is 0. The quantitative estimate of drug-likeness (QED) is 0.0553. The van der Waals surface area contributed by atoms with Gasteiger partial charge < -0.3 is 39.2 Å². The van der Waals surface area contributed by atoms with E-state index < -0.39 is 29.9 Å². The number of benzene rings is 8. The zero-order chi connectivity index (χ0) is 78.3. The lowest BCUT2D eigenvalue weighted by molar-refractivity contribution is -0.143. The molecule has 15 aromatic rings. The molecule has 564 valence electrons. The second-order valence-electron chi connectivity index (χ2n) is 27.7. The van der Waals surface area contributed by atoms with Gasteiger partial charge in [-0.1, -0.05) is 133 Å². The molecule has 2 atom stereocenters. The molecule has 112 heavy (non-hydrogen) atoms. The first-order valence-corrected chi connectivity index (χ1v) is 36.1. The van der Waals surface area contributed by atoms with Crippen LogP contribution in [0, 0.1) is 23.3 Å². The average molecular weight is 1500 g/mol. The number of anilines is 1. The fourth-order valence-electron chi connectivity index (χ4n) is 14.4. The normalized spacial score (nSPS) is 13.5. The minimum absolute atomic E-state index is 0.154. The third-order valence-corrected chi connectivity index (χ3v) is 20.0. The van der Waals surface area contributed by atoms with Gasteiger partial charge in [0.1, 0.15) is 35.2 Å². The summed E-state index contributed by atoms with van der Waals surface area (Å²) in [5.41, 5.74) is 15.5. The van der Waals surface area contributed by atoms with E-state index in [-0.39, 0.29) is 47.8 Å². The predicted molar refractivity (Wildman–Crippen MR) is 420 cm³/mol. The number of hydrogen-bond acceptors (Lipinski definition) is 10. The first-order valence-electron chi connectivity index (χ1n) is 36.1. The number of rotatable bonds is 19. The molecule has 7 aromatic heterocycles. The molecular formula is C88H77F4N13O7. The number of aliphatic carboxylic acids is 2. The van der Waals surface area contributed by atoms with Crippen LogP contribution in [0.2, 0.25) is 0 Å². The molecule has 24 heteroatoms. The smallest absolute Gasteiger partial charge is 0.337 e. The predicted octanol–water partition coefficient (Wildman–Crippen LogP) is 15.9. The van der Waals surface area contributed by atoms with Crippen LogP contribution in [0.5, 0.6) is 0 Å². The highest BCUT2D eigenvalue weighted by Crippen LogP contribution is 2.39. The Balaban J connectivity index is 0.000000125. The van der Waals surface area contributed by atoms with E-state index >= 15 is 0 Å². The summed E-state index contributed by atoms with van der Waals surface area (Å²) in [6.07, 6.45) is 20.2. The Kier molecular flexibility index (Phi) is 22.1. The van der Waals surface area contributed by atoms with Crippen LogP contribution in [-0.4, -0.2) is 105 Å². The lowest BCUT2D eigenvalue weighted by atomic mass is 10.0. The topological polar surface area (TPSA) is 229 Å². The Bertz CT molecular complexity index is 5980. The van der Waals surface area contributed by atoms with E-state index in [1.165, 1.54) is 24.3 Å². The van der Waals surface area contributed by atoms with Crippen LogP contribution in [-0.2, 0) is 76.9 Å². The maximum atomic E-state index is 15.0. The molecular weight excluding hydrogens is 1430 g/mol. The highest BCUT2D eigenvalue weighted by Gasteiger charge is 2.36. The van der Waals surface area contributed by atoms with Crippen LogP contribution in [0.3, 0.4) is 0 Å². The number of halogens is 4.